The normalized spacial score (nSPS) is 13.4. The van der Waals surface area contributed by atoms with Crippen LogP contribution in [0.4, 0.5) is 25.0 Å². The first-order chi connectivity index (χ1) is 14.4. The van der Waals surface area contributed by atoms with Crippen LogP contribution in [0.25, 0.3) is 0 Å². The maximum absolute atomic E-state index is 13.5. The lowest BCUT2D eigenvalue weighted by molar-refractivity contribution is -0.116. The largest absolute Gasteiger partial charge is 0.493 e. The van der Waals surface area contributed by atoms with E-state index in [1.165, 1.54) is 37.2 Å². The molecule has 1 heterocycles. The molecule has 3 amide bonds. The van der Waals surface area contributed by atoms with E-state index in [-0.39, 0.29) is 25.3 Å². The summed E-state index contributed by atoms with van der Waals surface area (Å²) < 4.78 is 42.3. The van der Waals surface area contributed by atoms with Crippen LogP contribution in [-0.2, 0) is 4.79 Å². The number of amides is 3. The number of rotatable bonds is 7. The van der Waals surface area contributed by atoms with Gasteiger partial charge in [-0.25, -0.2) is 13.6 Å². The standard InChI is InChI=1S/C20H21F2N3O5/c1-28-16-8-12(9-17(29-2)19(16)30-3)23-18(26)11-24-6-7-25(20(24)27)13-4-5-14(21)15(22)10-13/h4-5,8-10H,6-7,11H2,1-3H3,(H,23,26). The Morgan fingerprint density at radius 1 is 1.00 bits per heavy atom. The summed E-state index contributed by atoms with van der Waals surface area (Å²) in [5.74, 6) is -1.35. The number of carbonyl (C=O) groups excluding carboxylic acids is 2. The van der Waals surface area contributed by atoms with Crippen molar-refractivity contribution in [1.82, 2.24) is 4.90 Å². The van der Waals surface area contributed by atoms with Crippen molar-refractivity contribution in [3.05, 3.63) is 42.0 Å². The van der Waals surface area contributed by atoms with Gasteiger partial charge in [-0.05, 0) is 12.1 Å². The van der Waals surface area contributed by atoms with E-state index in [0.29, 0.717) is 22.9 Å². The quantitative estimate of drug-likeness (QED) is 0.744. The maximum Gasteiger partial charge on any atom is 0.325 e. The summed E-state index contributed by atoms with van der Waals surface area (Å²) in [7, 11) is 4.38. The first kappa shape index (κ1) is 21.2. The lowest BCUT2D eigenvalue weighted by Crippen LogP contribution is -2.37. The summed E-state index contributed by atoms with van der Waals surface area (Å²) in [4.78, 5) is 27.6. The monoisotopic (exact) mass is 421 g/mol. The average Bonchev–Trinajstić information content (AvgIpc) is 3.09. The first-order valence-electron chi connectivity index (χ1n) is 8.99. The molecule has 2 aromatic carbocycles. The van der Waals surface area contributed by atoms with Crippen LogP contribution in [0.1, 0.15) is 0 Å². The molecule has 1 fully saturated rings. The van der Waals surface area contributed by atoms with Crippen LogP contribution in [0, 0.1) is 11.6 Å². The van der Waals surface area contributed by atoms with Gasteiger partial charge < -0.3 is 24.4 Å². The molecule has 0 atom stereocenters. The predicted octanol–water partition coefficient (Wildman–Crippen LogP) is 2.87. The van der Waals surface area contributed by atoms with Gasteiger partial charge in [0.25, 0.3) is 0 Å². The van der Waals surface area contributed by atoms with Crippen molar-refractivity contribution >= 4 is 23.3 Å². The molecule has 0 saturated carbocycles. The zero-order chi connectivity index (χ0) is 21.8. The molecule has 1 aliphatic heterocycles. The summed E-state index contributed by atoms with van der Waals surface area (Å²) >= 11 is 0. The number of nitrogens with one attached hydrogen (secondary N) is 1. The zero-order valence-electron chi connectivity index (χ0n) is 16.7. The Morgan fingerprint density at radius 3 is 2.23 bits per heavy atom. The lowest BCUT2D eigenvalue weighted by atomic mass is 10.2. The smallest absolute Gasteiger partial charge is 0.325 e. The molecular formula is C20H21F2N3O5. The molecule has 2 aromatic rings. The molecule has 0 unspecified atom stereocenters. The molecule has 0 radical (unpaired) electrons. The van der Waals surface area contributed by atoms with Crippen molar-refractivity contribution in [3.8, 4) is 17.2 Å². The highest BCUT2D eigenvalue weighted by molar-refractivity contribution is 5.99. The van der Waals surface area contributed by atoms with Crippen LogP contribution in [0.5, 0.6) is 17.2 Å². The molecule has 0 spiro atoms. The van der Waals surface area contributed by atoms with E-state index in [2.05, 4.69) is 5.32 Å². The minimum Gasteiger partial charge on any atom is -0.493 e. The topological polar surface area (TPSA) is 80.3 Å². The van der Waals surface area contributed by atoms with E-state index in [1.807, 2.05) is 0 Å². The Hall–Kier alpha value is -3.56. The fourth-order valence-corrected chi connectivity index (χ4v) is 3.15. The highest BCUT2D eigenvalue weighted by Crippen LogP contribution is 2.39. The Bertz CT molecular complexity index is 944. The van der Waals surface area contributed by atoms with E-state index in [0.717, 1.165) is 12.1 Å². The second kappa shape index (κ2) is 8.85. The summed E-state index contributed by atoms with van der Waals surface area (Å²) in [5.41, 5.74) is 0.630. The van der Waals surface area contributed by atoms with Crippen molar-refractivity contribution in [2.45, 2.75) is 0 Å². The third-order valence-electron chi connectivity index (χ3n) is 4.59. The molecular weight excluding hydrogens is 400 g/mol. The molecule has 1 saturated heterocycles. The Balaban J connectivity index is 1.68. The molecule has 1 aliphatic rings. The van der Waals surface area contributed by atoms with Gasteiger partial charge in [-0.1, -0.05) is 0 Å². The predicted molar refractivity (Wildman–Crippen MR) is 105 cm³/mol. The van der Waals surface area contributed by atoms with Gasteiger partial charge >= 0.3 is 6.03 Å². The summed E-state index contributed by atoms with van der Waals surface area (Å²) in [6, 6.07) is 5.89. The lowest BCUT2D eigenvalue weighted by Gasteiger charge is -2.19. The Kier molecular flexibility index (Phi) is 6.24. The van der Waals surface area contributed by atoms with Crippen molar-refractivity contribution in [2.75, 3.05) is 51.2 Å². The summed E-state index contributed by atoms with van der Waals surface area (Å²) in [6.45, 7) is 0.303. The van der Waals surface area contributed by atoms with Crippen LogP contribution in [-0.4, -0.2) is 57.8 Å². The van der Waals surface area contributed by atoms with Crippen LogP contribution >= 0.6 is 0 Å². The van der Waals surface area contributed by atoms with E-state index >= 15 is 0 Å². The molecule has 10 heteroatoms. The van der Waals surface area contributed by atoms with Crippen molar-refractivity contribution < 1.29 is 32.6 Å². The number of hydrogen-bond donors (Lipinski definition) is 1. The highest BCUT2D eigenvalue weighted by atomic mass is 19.2. The Morgan fingerprint density at radius 2 is 1.67 bits per heavy atom. The number of nitrogens with zero attached hydrogens (tertiary/aromatic N) is 2. The third-order valence-corrected chi connectivity index (χ3v) is 4.59. The van der Waals surface area contributed by atoms with Crippen molar-refractivity contribution in [3.63, 3.8) is 0 Å². The molecule has 0 aromatic heterocycles. The Labute approximate surface area is 171 Å². The molecule has 30 heavy (non-hydrogen) atoms. The van der Waals surface area contributed by atoms with E-state index in [9.17, 15) is 18.4 Å². The zero-order valence-corrected chi connectivity index (χ0v) is 16.7. The fraction of sp³-hybridized carbons (Fsp3) is 0.300. The number of halogens is 2. The number of benzene rings is 2. The third kappa shape index (κ3) is 4.22. The second-order valence-corrected chi connectivity index (χ2v) is 6.42. The highest BCUT2D eigenvalue weighted by Gasteiger charge is 2.31. The minimum atomic E-state index is -1.04. The minimum absolute atomic E-state index is 0.213. The van der Waals surface area contributed by atoms with Crippen molar-refractivity contribution in [2.24, 2.45) is 0 Å². The van der Waals surface area contributed by atoms with Gasteiger partial charge in [0, 0.05) is 42.7 Å². The fourth-order valence-electron chi connectivity index (χ4n) is 3.15. The summed E-state index contributed by atoms with van der Waals surface area (Å²) in [5, 5.41) is 2.68. The molecule has 0 aliphatic carbocycles. The molecule has 0 bridgehead atoms. The molecule has 160 valence electrons. The number of hydrogen-bond acceptors (Lipinski definition) is 5. The van der Waals surface area contributed by atoms with Crippen LogP contribution in [0.3, 0.4) is 0 Å². The van der Waals surface area contributed by atoms with Crippen LogP contribution in [0.2, 0.25) is 0 Å². The van der Waals surface area contributed by atoms with Gasteiger partial charge in [0.1, 0.15) is 6.54 Å². The number of carbonyl (C=O) groups is 2. The van der Waals surface area contributed by atoms with Gasteiger partial charge in [0.2, 0.25) is 11.7 Å². The van der Waals surface area contributed by atoms with E-state index in [4.69, 9.17) is 14.2 Å². The number of urea groups is 1. The molecule has 8 nitrogen and oxygen atoms in total. The van der Waals surface area contributed by atoms with Gasteiger partial charge in [-0.15, -0.1) is 0 Å². The van der Waals surface area contributed by atoms with E-state index < -0.39 is 23.6 Å². The SMILES string of the molecule is COc1cc(NC(=O)CN2CCN(c3ccc(F)c(F)c3)C2=O)cc(OC)c1OC. The molecule has 3 rings (SSSR count). The number of anilines is 2. The summed E-state index contributed by atoms with van der Waals surface area (Å²) in [6.07, 6.45) is 0. The average molecular weight is 421 g/mol. The van der Waals surface area contributed by atoms with Gasteiger partial charge in [-0.3, -0.25) is 9.69 Å². The van der Waals surface area contributed by atoms with E-state index in [1.54, 1.807) is 12.1 Å². The maximum atomic E-state index is 13.5. The second-order valence-electron chi connectivity index (χ2n) is 6.42. The van der Waals surface area contributed by atoms with Crippen molar-refractivity contribution in [1.29, 1.82) is 0 Å². The number of ether oxygens (including phenoxy) is 3. The van der Waals surface area contributed by atoms with Gasteiger partial charge in [0.05, 0.1) is 21.3 Å². The first-order valence-corrected chi connectivity index (χ1v) is 8.99. The number of methoxy groups -OCH3 is 3. The molecule has 1 N–H and O–H groups in total. The van der Waals surface area contributed by atoms with Gasteiger partial charge in [0.15, 0.2) is 23.1 Å². The van der Waals surface area contributed by atoms with Crippen LogP contribution in [0.15, 0.2) is 30.3 Å². The van der Waals surface area contributed by atoms with Gasteiger partial charge in [-0.2, -0.15) is 0 Å². The van der Waals surface area contributed by atoms with Crippen LogP contribution < -0.4 is 24.4 Å².